The highest BCUT2D eigenvalue weighted by atomic mass is 32.1. The highest BCUT2D eigenvalue weighted by Gasteiger charge is 2.13. The van der Waals surface area contributed by atoms with Crippen LogP contribution in [0.4, 0.5) is 0 Å². The van der Waals surface area contributed by atoms with Gasteiger partial charge in [-0.3, -0.25) is 0 Å². The van der Waals surface area contributed by atoms with Crippen LogP contribution < -0.4 is 5.73 Å². The Morgan fingerprint density at radius 2 is 2.33 bits per heavy atom. The molecule has 0 spiro atoms. The van der Waals surface area contributed by atoms with Gasteiger partial charge in [-0.25, -0.2) is 4.98 Å². The first-order valence-corrected chi connectivity index (χ1v) is 5.66. The van der Waals surface area contributed by atoms with Gasteiger partial charge < -0.3 is 10.5 Å². The van der Waals surface area contributed by atoms with Crippen LogP contribution in [0.25, 0.3) is 10.2 Å². The summed E-state index contributed by atoms with van der Waals surface area (Å²) in [7, 11) is 1.66. The number of thiazole rings is 1. The van der Waals surface area contributed by atoms with Gasteiger partial charge in [-0.15, -0.1) is 11.3 Å². The van der Waals surface area contributed by atoms with Crippen LogP contribution in [0.15, 0.2) is 18.2 Å². The molecule has 1 aromatic carbocycles. The van der Waals surface area contributed by atoms with E-state index in [4.69, 9.17) is 10.5 Å². The first-order valence-electron chi connectivity index (χ1n) is 4.84. The third kappa shape index (κ3) is 2.02. The summed E-state index contributed by atoms with van der Waals surface area (Å²) in [5, 5.41) is 0.959. The van der Waals surface area contributed by atoms with E-state index in [0.717, 1.165) is 10.5 Å². The fourth-order valence-electron chi connectivity index (χ4n) is 1.49. The van der Waals surface area contributed by atoms with E-state index in [1.54, 1.807) is 18.4 Å². The number of rotatable bonds is 3. The number of benzene rings is 1. The third-order valence-electron chi connectivity index (χ3n) is 2.33. The summed E-state index contributed by atoms with van der Waals surface area (Å²) < 4.78 is 6.45. The number of hydrogen-bond acceptors (Lipinski definition) is 4. The Labute approximate surface area is 92.9 Å². The lowest BCUT2D eigenvalue weighted by Gasteiger charge is -2.07. The minimum absolute atomic E-state index is 0.0808. The third-order valence-corrected chi connectivity index (χ3v) is 3.46. The van der Waals surface area contributed by atoms with Crippen LogP contribution in [0, 0.1) is 6.92 Å². The molecule has 0 aliphatic rings. The predicted molar refractivity (Wildman–Crippen MR) is 63.2 cm³/mol. The minimum atomic E-state index is -0.0808. The van der Waals surface area contributed by atoms with Gasteiger partial charge in [0.2, 0.25) is 0 Å². The maximum Gasteiger partial charge on any atom is 0.124 e. The molecule has 0 radical (unpaired) electrons. The van der Waals surface area contributed by atoms with Crippen molar-refractivity contribution in [3.63, 3.8) is 0 Å². The van der Waals surface area contributed by atoms with Crippen molar-refractivity contribution in [2.45, 2.75) is 13.0 Å². The number of nitrogens with two attached hydrogens (primary N) is 1. The molecule has 80 valence electrons. The molecule has 0 bridgehead atoms. The fourth-order valence-corrected chi connectivity index (χ4v) is 2.53. The van der Waals surface area contributed by atoms with Gasteiger partial charge in [0.15, 0.2) is 0 Å². The van der Waals surface area contributed by atoms with Crippen molar-refractivity contribution in [3.8, 4) is 0 Å². The SMILES string of the molecule is COC(CN)c1nc2cc(C)ccc2s1. The maximum atomic E-state index is 5.61. The number of aryl methyl sites for hydroxylation is 1. The van der Waals surface area contributed by atoms with Gasteiger partial charge >= 0.3 is 0 Å². The smallest absolute Gasteiger partial charge is 0.124 e. The average Bonchev–Trinajstić information content (AvgIpc) is 2.62. The molecule has 2 rings (SSSR count). The molecular weight excluding hydrogens is 208 g/mol. The van der Waals surface area contributed by atoms with Crippen molar-refractivity contribution < 1.29 is 4.74 Å². The number of nitrogens with zero attached hydrogens (tertiary/aromatic N) is 1. The Kier molecular flexibility index (Phi) is 3.00. The van der Waals surface area contributed by atoms with E-state index in [1.807, 2.05) is 0 Å². The average molecular weight is 222 g/mol. The van der Waals surface area contributed by atoms with Gasteiger partial charge in [-0.2, -0.15) is 0 Å². The van der Waals surface area contributed by atoms with Gasteiger partial charge in [0.25, 0.3) is 0 Å². The molecule has 1 unspecified atom stereocenters. The Morgan fingerprint density at radius 1 is 1.53 bits per heavy atom. The zero-order valence-corrected chi connectivity index (χ0v) is 9.67. The summed E-state index contributed by atoms with van der Waals surface area (Å²) in [6, 6.07) is 6.27. The van der Waals surface area contributed by atoms with Gasteiger partial charge in [0.1, 0.15) is 11.1 Å². The second-order valence-electron chi connectivity index (χ2n) is 3.48. The molecular formula is C11H14N2OS. The highest BCUT2D eigenvalue weighted by molar-refractivity contribution is 7.18. The zero-order chi connectivity index (χ0) is 10.8. The van der Waals surface area contributed by atoms with Gasteiger partial charge in [-0.1, -0.05) is 6.07 Å². The number of methoxy groups -OCH3 is 1. The monoisotopic (exact) mass is 222 g/mol. The molecule has 1 aromatic heterocycles. The van der Waals surface area contributed by atoms with E-state index in [0.29, 0.717) is 6.54 Å². The molecule has 0 aliphatic carbocycles. The van der Waals surface area contributed by atoms with E-state index in [-0.39, 0.29) is 6.10 Å². The van der Waals surface area contributed by atoms with Crippen LogP contribution in [0.1, 0.15) is 16.7 Å². The van der Waals surface area contributed by atoms with E-state index in [2.05, 4.69) is 30.1 Å². The predicted octanol–water partition coefficient (Wildman–Crippen LogP) is 2.25. The van der Waals surface area contributed by atoms with Crippen molar-refractivity contribution in [1.29, 1.82) is 0 Å². The Balaban J connectivity index is 2.46. The molecule has 1 heterocycles. The van der Waals surface area contributed by atoms with Crippen molar-refractivity contribution in [3.05, 3.63) is 28.8 Å². The lowest BCUT2D eigenvalue weighted by molar-refractivity contribution is 0.110. The van der Waals surface area contributed by atoms with Crippen LogP contribution in [0.2, 0.25) is 0 Å². The molecule has 0 aliphatic heterocycles. The van der Waals surface area contributed by atoms with Crippen LogP contribution in [0.5, 0.6) is 0 Å². The van der Waals surface area contributed by atoms with Crippen molar-refractivity contribution in [2.24, 2.45) is 5.73 Å². The minimum Gasteiger partial charge on any atom is -0.373 e. The lowest BCUT2D eigenvalue weighted by atomic mass is 10.2. The summed E-state index contributed by atoms with van der Waals surface area (Å²) in [6.07, 6.45) is -0.0808. The normalized spacial score (nSPS) is 13.3. The molecule has 0 saturated carbocycles. The quantitative estimate of drug-likeness (QED) is 0.866. The van der Waals surface area contributed by atoms with Gasteiger partial charge in [0, 0.05) is 13.7 Å². The fraction of sp³-hybridized carbons (Fsp3) is 0.364. The molecule has 0 fully saturated rings. The summed E-state index contributed by atoms with van der Waals surface area (Å²) in [5.41, 5.74) is 7.86. The molecule has 3 nitrogen and oxygen atoms in total. The standard InChI is InChI=1S/C11H14N2OS/c1-7-3-4-10-8(5-7)13-11(15-10)9(6-12)14-2/h3-5,9H,6,12H2,1-2H3. The highest BCUT2D eigenvalue weighted by Crippen LogP contribution is 2.27. The first-order chi connectivity index (χ1) is 7.24. The molecule has 0 saturated heterocycles. The van der Waals surface area contributed by atoms with Crippen LogP contribution in [0.3, 0.4) is 0 Å². The Bertz CT molecular complexity index is 463. The van der Waals surface area contributed by atoms with Crippen molar-refractivity contribution in [1.82, 2.24) is 4.98 Å². The topological polar surface area (TPSA) is 48.1 Å². The van der Waals surface area contributed by atoms with Crippen LogP contribution >= 0.6 is 11.3 Å². The van der Waals surface area contributed by atoms with Crippen molar-refractivity contribution >= 4 is 21.6 Å². The molecule has 0 amide bonds. The molecule has 2 N–H and O–H groups in total. The van der Waals surface area contributed by atoms with Gasteiger partial charge in [-0.05, 0) is 24.6 Å². The maximum absolute atomic E-state index is 5.61. The largest absolute Gasteiger partial charge is 0.373 e. The Hall–Kier alpha value is -0.970. The summed E-state index contributed by atoms with van der Waals surface area (Å²) in [6.45, 7) is 2.53. The lowest BCUT2D eigenvalue weighted by Crippen LogP contribution is -2.13. The van der Waals surface area contributed by atoms with E-state index < -0.39 is 0 Å². The molecule has 4 heteroatoms. The summed E-state index contributed by atoms with van der Waals surface area (Å²) in [5.74, 6) is 0. The van der Waals surface area contributed by atoms with Gasteiger partial charge in [0.05, 0.1) is 10.2 Å². The van der Waals surface area contributed by atoms with Crippen LogP contribution in [-0.4, -0.2) is 18.6 Å². The summed E-state index contributed by atoms with van der Waals surface area (Å²) >= 11 is 1.65. The molecule has 2 aromatic rings. The number of aromatic nitrogens is 1. The van der Waals surface area contributed by atoms with Crippen LogP contribution in [-0.2, 0) is 4.74 Å². The number of ether oxygens (including phenoxy) is 1. The Morgan fingerprint density at radius 3 is 3.00 bits per heavy atom. The van der Waals surface area contributed by atoms with E-state index >= 15 is 0 Å². The zero-order valence-electron chi connectivity index (χ0n) is 8.86. The second-order valence-corrected chi connectivity index (χ2v) is 4.55. The summed E-state index contributed by atoms with van der Waals surface area (Å²) in [4.78, 5) is 4.53. The molecule has 1 atom stereocenters. The second kappa shape index (κ2) is 4.26. The number of hydrogen-bond donors (Lipinski definition) is 1. The number of fused-ring (bicyclic) bond motifs is 1. The van der Waals surface area contributed by atoms with E-state index in [1.165, 1.54) is 10.3 Å². The van der Waals surface area contributed by atoms with E-state index in [9.17, 15) is 0 Å². The molecule has 15 heavy (non-hydrogen) atoms. The first kappa shape index (κ1) is 10.5. The van der Waals surface area contributed by atoms with Crippen molar-refractivity contribution in [2.75, 3.05) is 13.7 Å².